The quantitative estimate of drug-likeness (QED) is 0.797. The van der Waals surface area contributed by atoms with Crippen molar-refractivity contribution in [3.63, 3.8) is 0 Å². The van der Waals surface area contributed by atoms with Crippen LogP contribution in [0.15, 0.2) is 34.4 Å². The summed E-state index contributed by atoms with van der Waals surface area (Å²) in [5.74, 6) is 0.866. The van der Waals surface area contributed by atoms with Gasteiger partial charge in [-0.3, -0.25) is 4.99 Å². The Morgan fingerprint density at radius 3 is 2.80 bits per heavy atom. The number of thioether (sulfide) groups is 1. The highest BCUT2D eigenvalue weighted by molar-refractivity contribution is 8.13. The molecule has 0 saturated heterocycles. The number of benzene rings is 1. The van der Waals surface area contributed by atoms with Crippen LogP contribution >= 0.6 is 11.8 Å². The van der Waals surface area contributed by atoms with Gasteiger partial charge in [-0.25, -0.2) is 0 Å². The molecule has 1 aliphatic rings. The van der Waals surface area contributed by atoms with Crippen LogP contribution in [-0.4, -0.2) is 18.3 Å². The van der Waals surface area contributed by atoms with Gasteiger partial charge in [0.25, 0.3) is 0 Å². The van der Waals surface area contributed by atoms with Crippen LogP contribution in [0.3, 0.4) is 0 Å². The van der Waals surface area contributed by atoms with Crippen molar-refractivity contribution in [3.05, 3.63) is 34.7 Å². The Morgan fingerprint density at radius 2 is 2.20 bits per heavy atom. The number of aliphatic imine (C=N–C) groups is 1. The highest BCUT2D eigenvalue weighted by Gasteiger charge is 2.05. The Kier molecular flexibility index (Phi) is 3.34. The van der Waals surface area contributed by atoms with E-state index in [1.807, 2.05) is 12.1 Å². The van der Waals surface area contributed by atoms with Crippen LogP contribution in [0.4, 0.5) is 5.69 Å². The molecule has 4 nitrogen and oxygen atoms in total. The maximum Gasteiger partial charge on any atom is 0.157 e. The summed E-state index contributed by atoms with van der Waals surface area (Å²) in [5.41, 5.74) is 1.64. The molecule has 0 radical (unpaired) electrons. The monoisotopic (exact) mass is 221 g/mol. The number of nitrogens with one attached hydrogen (secondary N) is 1. The summed E-state index contributed by atoms with van der Waals surface area (Å²) in [7, 11) is 0. The van der Waals surface area contributed by atoms with Crippen molar-refractivity contribution >= 4 is 22.6 Å². The lowest BCUT2D eigenvalue weighted by Gasteiger charge is -2.01. The Labute approximate surface area is 92.1 Å². The molecule has 1 N–H and O–H groups in total. The minimum Gasteiger partial charge on any atom is -0.363 e. The highest BCUT2D eigenvalue weighted by Crippen LogP contribution is 2.17. The molecule has 1 aromatic carbocycles. The lowest BCUT2D eigenvalue weighted by Crippen LogP contribution is -2.14. The highest BCUT2D eigenvalue weighted by atomic mass is 32.2. The van der Waals surface area contributed by atoms with Crippen molar-refractivity contribution in [2.75, 3.05) is 13.1 Å². The molecule has 0 saturated carbocycles. The van der Waals surface area contributed by atoms with E-state index >= 15 is 0 Å². The summed E-state index contributed by atoms with van der Waals surface area (Å²) >= 11 is 1.68. The van der Waals surface area contributed by atoms with Gasteiger partial charge in [-0.2, -0.15) is 0 Å². The number of nitrogens with zero attached hydrogens (tertiary/aromatic N) is 2. The van der Waals surface area contributed by atoms with E-state index in [9.17, 15) is 4.91 Å². The first-order valence-electron chi connectivity index (χ1n) is 4.72. The minimum atomic E-state index is 0.472. The van der Waals surface area contributed by atoms with Gasteiger partial charge in [0, 0.05) is 12.3 Å². The zero-order valence-corrected chi connectivity index (χ0v) is 8.96. The third-order valence-corrected chi connectivity index (χ3v) is 3.09. The number of hydrogen-bond acceptors (Lipinski definition) is 5. The van der Waals surface area contributed by atoms with Crippen molar-refractivity contribution in [2.45, 2.75) is 5.75 Å². The summed E-state index contributed by atoms with van der Waals surface area (Å²) in [6, 6.07) is 7.29. The largest absolute Gasteiger partial charge is 0.363 e. The van der Waals surface area contributed by atoms with Crippen LogP contribution in [0.25, 0.3) is 0 Å². The molecular formula is C10H11N3OS. The molecule has 0 amide bonds. The molecule has 15 heavy (non-hydrogen) atoms. The first kappa shape index (κ1) is 10.2. The average Bonchev–Trinajstić information content (AvgIpc) is 2.80. The molecule has 0 spiro atoms. The molecule has 1 heterocycles. The summed E-state index contributed by atoms with van der Waals surface area (Å²) < 4.78 is 0. The second kappa shape index (κ2) is 4.93. The van der Waals surface area contributed by atoms with Gasteiger partial charge in [0.15, 0.2) is 5.17 Å². The van der Waals surface area contributed by atoms with E-state index in [1.165, 1.54) is 5.56 Å². The maximum atomic E-state index is 10.2. The van der Waals surface area contributed by atoms with E-state index in [0.717, 1.165) is 24.0 Å². The Balaban J connectivity index is 1.90. The average molecular weight is 221 g/mol. The van der Waals surface area contributed by atoms with Gasteiger partial charge < -0.3 is 5.32 Å². The fourth-order valence-corrected chi connectivity index (χ4v) is 2.16. The van der Waals surface area contributed by atoms with Crippen LogP contribution < -0.4 is 5.32 Å². The van der Waals surface area contributed by atoms with E-state index in [1.54, 1.807) is 23.9 Å². The van der Waals surface area contributed by atoms with Crippen molar-refractivity contribution < 1.29 is 0 Å². The lowest BCUT2D eigenvalue weighted by molar-refractivity contribution is 0.963. The molecule has 0 atom stereocenters. The lowest BCUT2D eigenvalue weighted by atomic mass is 10.2. The molecule has 5 heteroatoms. The summed E-state index contributed by atoms with van der Waals surface area (Å²) in [6.07, 6.45) is 0. The van der Waals surface area contributed by atoms with Crippen molar-refractivity contribution in [1.29, 1.82) is 0 Å². The molecular weight excluding hydrogens is 210 g/mol. The summed E-state index contributed by atoms with van der Waals surface area (Å²) in [4.78, 5) is 14.5. The van der Waals surface area contributed by atoms with Crippen molar-refractivity contribution in [1.82, 2.24) is 5.32 Å². The third-order valence-electron chi connectivity index (χ3n) is 2.06. The fourth-order valence-electron chi connectivity index (χ4n) is 1.28. The van der Waals surface area contributed by atoms with Crippen LogP contribution in [-0.2, 0) is 5.75 Å². The second-order valence-electron chi connectivity index (χ2n) is 3.16. The predicted molar refractivity (Wildman–Crippen MR) is 63.5 cm³/mol. The normalized spacial score (nSPS) is 14.5. The van der Waals surface area contributed by atoms with Crippen LogP contribution in [0, 0.1) is 4.91 Å². The fraction of sp³-hybridized carbons (Fsp3) is 0.300. The van der Waals surface area contributed by atoms with Gasteiger partial charge in [-0.05, 0) is 22.9 Å². The number of nitroso groups, excluding NO2 is 1. The van der Waals surface area contributed by atoms with E-state index in [2.05, 4.69) is 15.5 Å². The maximum absolute atomic E-state index is 10.2. The van der Waals surface area contributed by atoms with Crippen molar-refractivity contribution in [3.8, 4) is 0 Å². The molecule has 0 fully saturated rings. The SMILES string of the molecule is O=Nc1ccc(CSC2=NCCN2)cc1. The molecule has 0 aliphatic carbocycles. The zero-order chi connectivity index (χ0) is 10.5. The van der Waals surface area contributed by atoms with Crippen LogP contribution in [0.2, 0.25) is 0 Å². The number of hydrogen-bond donors (Lipinski definition) is 1. The van der Waals surface area contributed by atoms with E-state index in [4.69, 9.17) is 0 Å². The zero-order valence-electron chi connectivity index (χ0n) is 8.14. The van der Waals surface area contributed by atoms with Gasteiger partial charge in [-0.15, -0.1) is 4.91 Å². The standard InChI is InChI=1S/C10H11N3OS/c14-13-9-3-1-8(2-4-9)7-15-10-11-5-6-12-10/h1-4H,5-7H2,(H,11,12). The molecule has 0 bridgehead atoms. The first-order valence-corrected chi connectivity index (χ1v) is 5.70. The van der Waals surface area contributed by atoms with Gasteiger partial charge in [0.1, 0.15) is 5.69 Å². The molecule has 1 aromatic rings. The van der Waals surface area contributed by atoms with E-state index in [0.29, 0.717) is 5.69 Å². The number of amidine groups is 1. The van der Waals surface area contributed by atoms with Crippen LogP contribution in [0.1, 0.15) is 5.56 Å². The van der Waals surface area contributed by atoms with Gasteiger partial charge in [0.2, 0.25) is 0 Å². The smallest absolute Gasteiger partial charge is 0.157 e. The van der Waals surface area contributed by atoms with E-state index < -0.39 is 0 Å². The van der Waals surface area contributed by atoms with Gasteiger partial charge in [-0.1, -0.05) is 23.9 Å². The van der Waals surface area contributed by atoms with Crippen molar-refractivity contribution in [2.24, 2.45) is 10.2 Å². The van der Waals surface area contributed by atoms with Crippen LogP contribution in [0.5, 0.6) is 0 Å². The predicted octanol–water partition coefficient (Wildman–Crippen LogP) is 2.28. The first-order chi connectivity index (χ1) is 7.38. The van der Waals surface area contributed by atoms with E-state index in [-0.39, 0.29) is 0 Å². The molecule has 1 aliphatic heterocycles. The number of rotatable bonds is 3. The Hall–Kier alpha value is -1.36. The Bertz CT molecular complexity index is 375. The van der Waals surface area contributed by atoms with Gasteiger partial charge >= 0.3 is 0 Å². The summed E-state index contributed by atoms with van der Waals surface area (Å²) in [5, 5.41) is 7.06. The molecule has 0 unspecified atom stereocenters. The summed E-state index contributed by atoms with van der Waals surface area (Å²) in [6.45, 7) is 1.81. The topological polar surface area (TPSA) is 53.8 Å². The molecule has 2 rings (SSSR count). The molecule has 78 valence electrons. The minimum absolute atomic E-state index is 0.472. The molecule has 0 aromatic heterocycles. The third kappa shape index (κ3) is 2.79. The second-order valence-corrected chi connectivity index (χ2v) is 4.12. The Morgan fingerprint density at radius 1 is 1.40 bits per heavy atom. The van der Waals surface area contributed by atoms with Gasteiger partial charge in [0.05, 0.1) is 6.54 Å².